The van der Waals surface area contributed by atoms with Gasteiger partial charge < -0.3 is 10.1 Å². The van der Waals surface area contributed by atoms with E-state index in [1.807, 2.05) is 31.2 Å². The summed E-state index contributed by atoms with van der Waals surface area (Å²) in [6, 6.07) is 12.2. The van der Waals surface area contributed by atoms with Crippen LogP contribution in [0, 0.1) is 13.8 Å². The molecule has 3 rings (SSSR count). The Morgan fingerprint density at radius 2 is 1.87 bits per heavy atom. The van der Waals surface area contributed by atoms with E-state index in [9.17, 15) is 4.79 Å². The molecule has 1 N–H and O–H groups in total. The minimum Gasteiger partial charge on any atom is -0.497 e. The quantitative estimate of drug-likeness (QED) is 0.666. The Bertz CT molecular complexity index is 998. The van der Waals surface area contributed by atoms with Crippen LogP contribution in [-0.4, -0.2) is 35.6 Å². The van der Waals surface area contributed by atoms with Gasteiger partial charge in [-0.2, -0.15) is 0 Å². The van der Waals surface area contributed by atoms with Crippen molar-refractivity contribution in [3.8, 4) is 5.75 Å². The van der Waals surface area contributed by atoms with Crippen LogP contribution in [-0.2, 0) is 4.79 Å². The third-order valence-corrected chi connectivity index (χ3v) is 6.18. The second-order valence-corrected chi connectivity index (χ2v) is 8.61. The molecule has 1 heterocycles. The maximum Gasteiger partial charge on any atom is 0.230 e. The highest BCUT2D eigenvalue weighted by molar-refractivity contribution is 8.14. The van der Waals surface area contributed by atoms with Gasteiger partial charge in [-0.3, -0.25) is 9.79 Å². The number of methoxy groups -OCH3 is 1. The molecule has 2 aromatic rings. The lowest BCUT2D eigenvalue weighted by Gasteiger charge is -2.12. The van der Waals surface area contributed by atoms with Crippen LogP contribution >= 0.6 is 11.8 Å². The molecule has 1 aliphatic rings. The Labute approximate surface area is 183 Å². The maximum absolute atomic E-state index is 12.3. The van der Waals surface area contributed by atoms with Crippen molar-refractivity contribution in [3.63, 3.8) is 0 Å². The Morgan fingerprint density at radius 3 is 2.53 bits per heavy atom. The van der Waals surface area contributed by atoms with Crippen LogP contribution in [0.3, 0.4) is 0 Å². The minimum atomic E-state index is 0.0291. The van der Waals surface area contributed by atoms with Crippen LogP contribution in [0.25, 0.3) is 0 Å². The molecule has 158 valence electrons. The van der Waals surface area contributed by atoms with E-state index in [1.165, 1.54) is 22.9 Å². The van der Waals surface area contributed by atoms with Crippen LogP contribution in [0.1, 0.15) is 43.4 Å². The molecule has 0 unspecified atom stereocenters. The maximum atomic E-state index is 12.3. The van der Waals surface area contributed by atoms with Gasteiger partial charge in [0.1, 0.15) is 5.75 Å². The predicted molar refractivity (Wildman–Crippen MR) is 127 cm³/mol. The number of carbonyl (C=O) groups is 1. The molecule has 0 saturated carbocycles. The first-order valence-electron chi connectivity index (χ1n) is 10.2. The van der Waals surface area contributed by atoms with Crippen molar-refractivity contribution in [2.75, 3.05) is 12.9 Å². The largest absolute Gasteiger partial charge is 0.497 e. The van der Waals surface area contributed by atoms with Crippen molar-refractivity contribution < 1.29 is 9.53 Å². The van der Waals surface area contributed by atoms with Crippen molar-refractivity contribution >= 4 is 39.8 Å². The van der Waals surface area contributed by atoms with Gasteiger partial charge in [-0.15, -0.1) is 11.8 Å². The van der Waals surface area contributed by atoms with Gasteiger partial charge in [-0.05, 0) is 62.6 Å². The number of benzene rings is 2. The normalized spacial score (nSPS) is 14.2. The van der Waals surface area contributed by atoms with Crippen LogP contribution in [0.4, 0.5) is 11.4 Å². The second-order valence-electron chi connectivity index (χ2n) is 7.56. The van der Waals surface area contributed by atoms with Crippen molar-refractivity contribution in [1.29, 1.82) is 0 Å². The number of carbonyl (C=O) groups excluding carboxylic acids is 1. The van der Waals surface area contributed by atoms with Crippen LogP contribution in [0.2, 0.25) is 0 Å². The number of fused-ring (bicyclic) bond motifs is 1. The number of aryl methyl sites for hydroxylation is 2. The molecule has 0 aliphatic carbocycles. The predicted octanol–water partition coefficient (Wildman–Crippen LogP) is 5.51. The van der Waals surface area contributed by atoms with E-state index in [1.54, 1.807) is 7.11 Å². The van der Waals surface area contributed by atoms with Crippen molar-refractivity contribution in [2.24, 2.45) is 9.98 Å². The number of rotatable bonds is 6. The first kappa shape index (κ1) is 22.1. The number of nitrogens with zero attached hydrogens (tertiary/aromatic N) is 2. The summed E-state index contributed by atoms with van der Waals surface area (Å²) in [5, 5.41) is 3.90. The molecule has 5 nitrogen and oxygen atoms in total. The number of nitrogens with one attached hydrogen (secondary N) is 1. The minimum absolute atomic E-state index is 0.0291. The topological polar surface area (TPSA) is 63.0 Å². The van der Waals surface area contributed by atoms with Crippen molar-refractivity contribution in [2.45, 2.75) is 46.6 Å². The molecular weight excluding hydrogens is 394 g/mol. The molecule has 0 fully saturated rings. The van der Waals surface area contributed by atoms with Crippen LogP contribution < -0.4 is 10.1 Å². The van der Waals surface area contributed by atoms with Gasteiger partial charge in [0, 0.05) is 18.0 Å². The standard InChI is InChI=1S/C24H29N3O2S/c1-6-17(4)25-23(28)14-30-24-13-20(18-8-7-9-19(12-18)29-5)26-21-10-15(2)16(3)11-22(21)27-24/h7-12,17H,6,13-14H2,1-5H3,(H,25,28)/t17-/m1/s1. The lowest BCUT2D eigenvalue weighted by Crippen LogP contribution is -2.33. The summed E-state index contributed by atoms with van der Waals surface area (Å²) >= 11 is 1.48. The van der Waals surface area contributed by atoms with E-state index in [0.717, 1.165) is 39.9 Å². The molecule has 0 bridgehead atoms. The van der Waals surface area contributed by atoms with E-state index < -0.39 is 0 Å². The van der Waals surface area contributed by atoms with Crippen molar-refractivity contribution in [3.05, 3.63) is 53.1 Å². The molecule has 1 amide bonds. The summed E-state index contributed by atoms with van der Waals surface area (Å²) in [6.45, 7) is 8.24. The average Bonchev–Trinajstić information content (AvgIpc) is 2.91. The monoisotopic (exact) mass is 423 g/mol. The van der Waals surface area contributed by atoms with Gasteiger partial charge in [0.2, 0.25) is 5.91 Å². The SMILES string of the molecule is CC[C@@H](C)NC(=O)CSC1=Nc2cc(C)c(C)cc2N=C(c2cccc(OC)c2)C1. The molecular formula is C24H29N3O2S. The van der Waals surface area contributed by atoms with Gasteiger partial charge >= 0.3 is 0 Å². The van der Waals surface area contributed by atoms with Gasteiger partial charge in [0.05, 0.1) is 35.0 Å². The first-order valence-corrected chi connectivity index (χ1v) is 11.2. The van der Waals surface area contributed by atoms with E-state index >= 15 is 0 Å². The summed E-state index contributed by atoms with van der Waals surface area (Å²) in [5.74, 6) is 1.16. The van der Waals surface area contributed by atoms with E-state index in [0.29, 0.717) is 12.2 Å². The van der Waals surface area contributed by atoms with Gasteiger partial charge in [-0.1, -0.05) is 19.1 Å². The fourth-order valence-corrected chi connectivity index (χ4v) is 3.87. The zero-order chi connectivity index (χ0) is 21.7. The molecule has 1 atom stereocenters. The fraction of sp³-hybridized carbons (Fsp3) is 0.375. The fourth-order valence-electron chi connectivity index (χ4n) is 3.09. The third-order valence-electron chi connectivity index (χ3n) is 5.20. The smallest absolute Gasteiger partial charge is 0.230 e. The van der Waals surface area contributed by atoms with E-state index in [-0.39, 0.29) is 11.9 Å². The molecule has 6 heteroatoms. The number of aliphatic imine (C=N–C) groups is 2. The third kappa shape index (κ3) is 5.51. The summed E-state index contributed by atoms with van der Waals surface area (Å²) in [4.78, 5) is 22.1. The van der Waals surface area contributed by atoms with E-state index in [4.69, 9.17) is 14.7 Å². The summed E-state index contributed by atoms with van der Waals surface area (Å²) in [5.41, 5.74) is 5.98. The van der Waals surface area contributed by atoms with Gasteiger partial charge in [0.25, 0.3) is 0 Å². The Hall–Kier alpha value is -2.60. The highest BCUT2D eigenvalue weighted by Crippen LogP contribution is 2.36. The van der Waals surface area contributed by atoms with Crippen LogP contribution in [0.5, 0.6) is 5.75 Å². The van der Waals surface area contributed by atoms with Crippen molar-refractivity contribution in [1.82, 2.24) is 5.32 Å². The second kappa shape index (κ2) is 9.94. The molecule has 0 aromatic heterocycles. The first-order chi connectivity index (χ1) is 14.4. The Balaban J connectivity index is 1.93. The zero-order valence-electron chi connectivity index (χ0n) is 18.3. The number of amides is 1. The highest BCUT2D eigenvalue weighted by Gasteiger charge is 2.18. The molecule has 1 aliphatic heterocycles. The lowest BCUT2D eigenvalue weighted by molar-refractivity contribution is -0.119. The van der Waals surface area contributed by atoms with E-state index in [2.05, 4.69) is 38.2 Å². The Morgan fingerprint density at radius 1 is 1.17 bits per heavy atom. The number of hydrogen-bond donors (Lipinski definition) is 1. The molecule has 0 saturated heterocycles. The zero-order valence-corrected chi connectivity index (χ0v) is 19.1. The molecule has 30 heavy (non-hydrogen) atoms. The molecule has 0 spiro atoms. The summed E-state index contributed by atoms with van der Waals surface area (Å²) in [7, 11) is 1.66. The lowest BCUT2D eigenvalue weighted by atomic mass is 10.1. The average molecular weight is 424 g/mol. The van der Waals surface area contributed by atoms with Gasteiger partial charge in [0.15, 0.2) is 0 Å². The summed E-state index contributed by atoms with van der Waals surface area (Å²) in [6.07, 6.45) is 1.48. The van der Waals surface area contributed by atoms with Gasteiger partial charge in [-0.25, -0.2) is 4.99 Å². The Kier molecular flexibility index (Phi) is 7.32. The number of hydrogen-bond acceptors (Lipinski definition) is 5. The number of thioether (sulfide) groups is 1. The summed E-state index contributed by atoms with van der Waals surface area (Å²) < 4.78 is 5.39. The molecule has 0 radical (unpaired) electrons. The van der Waals surface area contributed by atoms with Crippen LogP contribution in [0.15, 0.2) is 46.4 Å². The highest BCUT2D eigenvalue weighted by atomic mass is 32.2. The number of ether oxygens (including phenoxy) is 1. The molecule has 2 aromatic carbocycles.